The quantitative estimate of drug-likeness (QED) is 0.513. The number of hydrogen-bond donors (Lipinski definition) is 3. The number of benzene rings is 1. The van der Waals surface area contributed by atoms with Gasteiger partial charge in [-0.2, -0.15) is 0 Å². The summed E-state index contributed by atoms with van der Waals surface area (Å²) in [4.78, 5) is 11.1. The van der Waals surface area contributed by atoms with Crippen LogP contribution in [0.5, 0.6) is 0 Å². The molecule has 0 bridgehead atoms. The molecule has 4 N–H and O–H groups in total. The molecule has 0 spiro atoms. The second-order valence-corrected chi connectivity index (χ2v) is 3.87. The Morgan fingerprint density at radius 2 is 2.00 bits per heavy atom. The van der Waals surface area contributed by atoms with E-state index in [1.165, 1.54) is 0 Å². The van der Waals surface area contributed by atoms with Gasteiger partial charge in [-0.1, -0.05) is 18.2 Å². The molecule has 1 aromatic rings. The first-order valence-electron chi connectivity index (χ1n) is 4.70. The molecule has 82 valence electrons. The Kier molecular flexibility index (Phi) is 3.12. The van der Waals surface area contributed by atoms with E-state index in [0.717, 1.165) is 11.1 Å². The van der Waals surface area contributed by atoms with E-state index in [9.17, 15) is 4.79 Å². The highest BCUT2D eigenvalue weighted by molar-refractivity contribution is 5.80. The highest BCUT2D eigenvalue weighted by Gasteiger charge is 2.33. The zero-order valence-electron chi connectivity index (χ0n) is 9.16. The lowest BCUT2D eigenvalue weighted by atomic mass is 9.90. The maximum absolute atomic E-state index is 11.1. The first-order valence-corrected chi connectivity index (χ1v) is 4.70. The van der Waals surface area contributed by atoms with E-state index >= 15 is 0 Å². The third kappa shape index (κ3) is 2.00. The zero-order valence-corrected chi connectivity index (χ0v) is 9.16. The molecule has 0 aliphatic heterocycles. The van der Waals surface area contributed by atoms with Crippen molar-refractivity contribution in [2.75, 3.05) is 0 Å². The van der Waals surface area contributed by atoms with E-state index in [-0.39, 0.29) is 0 Å². The Morgan fingerprint density at radius 1 is 1.40 bits per heavy atom. The number of nitrogens with one attached hydrogen (secondary N) is 1. The summed E-state index contributed by atoms with van der Waals surface area (Å²) >= 11 is 0. The second kappa shape index (κ2) is 4.00. The van der Waals surface area contributed by atoms with Crippen molar-refractivity contribution in [2.45, 2.75) is 26.3 Å². The predicted octanol–water partition coefficient (Wildman–Crippen LogP) is 1.07. The van der Waals surface area contributed by atoms with Gasteiger partial charge in [0.05, 0.1) is 0 Å². The number of carboxylic acids is 1. The summed E-state index contributed by atoms with van der Waals surface area (Å²) in [5, 5.41) is 9.10. The number of carboxylic acid groups (broad SMARTS) is 1. The number of nitrogens with two attached hydrogens (primary N) is 1. The lowest BCUT2D eigenvalue weighted by Gasteiger charge is -2.24. The molecular formula is C11H16N2O2. The summed E-state index contributed by atoms with van der Waals surface area (Å²) in [5.74, 6) is 4.30. The number of hydrogen-bond acceptors (Lipinski definition) is 3. The van der Waals surface area contributed by atoms with Gasteiger partial charge in [-0.15, -0.1) is 0 Å². The molecule has 15 heavy (non-hydrogen) atoms. The SMILES string of the molecule is Cc1ccc(C(C)(NN)C(=O)O)cc1C. The standard InChI is InChI=1S/C11H16N2O2/c1-7-4-5-9(6-8(7)2)11(3,13-12)10(14)15/h4-6,13H,12H2,1-3H3,(H,14,15). The van der Waals surface area contributed by atoms with Gasteiger partial charge in [0.25, 0.3) is 0 Å². The largest absolute Gasteiger partial charge is 0.480 e. The van der Waals surface area contributed by atoms with Crippen molar-refractivity contribution in [3.63, 3.8) is 0 Å². The normalized spacial score (nSPS) is 14.7. The van der Waals surface area contributed by atoms with Gasteiger partial charge >= 0.3 is 5.97 Å². The van der Waals surface area contributed by atoms with Crippen LogP contribution in [0.15, 0.2) is 18.2 Å². The Bertz CT molecular complexity index is 390. The number of aryl methyl sites for hydroxylation is 2. The Hall–Kier alpha value is -1.39. The molecule has 0 aliphatic rings. The Labute approximate surface area is 89.1 Å². The average Bonchev–Trinajstić information content (AvgIpc) is 2.20. The van der Waals surface area contributed by atoms with Crippen LogP contribution < -0.4 is 11.3 Å². The fourth-order valence-electron chi connectivity index (χ4n) is 1.32. The minimum atomic E-state index is -1.24. The maximum atomic E-state index is 11.1. The number of aliphatic carboxylic acids is 1. The molecule has 4 heteroatoms. The Morgan fingerprint density at radius 3 is 2.40 bits per heavy atom. The molecule has 0 fully saturated rings. The molecule has 1 aromatic carbocycles. The van der Waals surface area contributed by atoms with Crippen LogP contribution in [0, 0.1) is 13.8 Å². The predicted molar refractivity (Wildman–Crippen MR) is 58.2 cm³/mol. The number of hydrazine groups is 1. The Balaban J connectivity index is 3.25. The molecule has 0 amide bonds. The maximum Gasteiger partial charge on any atom is 0.329 e. The second-order valence-electron chi connectivity index (χ2n) is 3.87. The molecule has 0 saturated carbocycles. The van der Waals surface area contributed by atoms with Crippen LogP contribution in [0.25, 0.3) is 0 Å². The van der Waals surface area contributed by atoms with Crippen molar-refractivity contribution in [3.8, 4) is 0 Å². The summed E-state index contributed by atoms with van der Waals surface area (Å²) in [6.45, 7) is 5.46. The molecule has 0 heterocycles. The fourth-order valence-corrected chi connectivity index (χ4v) is 1.32. The van der Waals surface area contributed by atoms with Crippen molar-refractivity contribution >= 4 is 5.97 Å². The summed E-state index contributed by atoms with van der Waals surface area (Å²) < 4.78 is 0. The summed E-state index contributed by atoms with van der Waals surface area (Å²) in [5.41, 5.74) is 3.94. The van der Waals surface area contributed by atoms with E-state index < -0.39 is 11.5 Å². The van der Waals surface area contributed by atoms with Crippen molar-refractivity contribution in [2.24, 2.45) is 5.84 Å². The zero-order chi connectivity index (χ0) is 11.6. The van der Waals surface area contributed by atoms with Crippen LogP contribution in [0.2, 0.25) is 0 Å². The van der Waals surface area contributed by atoms with Gasteiger partial charge in [-0.25, -0.2) is 10.2 Å². The molecule has 1 atom stereocenters. The first-order chi connectivity index (χ1) is 6.91. The van der Waals surface area contributed by atoms with Crippen molar-refractivity contribution in [3.05, 3.63) is 34.9 Å². The van der Waals surface area contributed by atoms with E-state index in [2.05, 4.69) is 5.43 Å². The van der Waals surface area contributed by atoms with Crippen molar-refractivity contribution in [1.82, 2.24) is 5.43 Å². The molecule has 0 aliphatic carbocycles. The van der Waals surface area contributed by atoms with Gasteiger partial charge in [0, 0.05) is 0 Å². The van der Waals surface area contributed by atoms with E-state index in [0.29, 0.717) is 5.56 Å². The van der Waals surface area contributed by atoms with Gasteiger partial charge in [0.15, 0.2) is 5.54 Å². The molecule has 1 unspecified atom stereocenters. The summed E-state index contributed by atoms with van der Waals surface area (Å²) in [7, 11) is 0. The molecular weight excluding hydrogens is 192 g/mol. The van der Waals surface area contributed by atoms with E-state index in [1.807, 2.05) is 26.0 Å². The number of carbonyl (C=O) groups is 1. The lowest BCUT2D eigenvalue weighted by molar-refractivity contribution is -0.144. The van der Waals surface area contributed by atoms with Crippen LogP contribution in [0.1, 0.15) is 23.6 Å². The topological polar surface area (TPSA) is 75.3 Å². The van der Waals surface area contributed by atoms with Gasteiger partial charge in [-0.05, 0) is 37.5 Å². The molecule has 0 aromatic heterocycles. The smallest absolute Gasteiger partial charge is 0.329 e. The summed E-state index contributed by atoms with van der Waals surface area (Å²) in [6, 6.07) is 5.50. The van der Waals surface area contributed by atoms with Gasteiger partial charge < -0.3 is 5.11 Å². The highest BCUT2D eigenvalue weighted by Crippen LogP contribution is 2.22. The minimum Gasteiger partial charge on any atom is -0.480 e. The van der Waals surface area contributed by atoms with Crippen molar-refractivity contribution in [1.29, 1.82) is 0 Å². The molecule has 4 nitrogen and oxygen atoms in total. The average molecular weight is 208 g/mol. The van der Waals surface area contributed by atoms with Gasteiger partial charge in [0.1, 0.15) is 0 Å². The van der Waals surface area contributed by atoms with Crippen LogP contribution >= 0.6 is 0 Å². The monoisotopic (exact) mass is 208 g/mol. The van der Waals surface area contributed by atoms with Crippen LogP contribution in [0.3, 0.4) is 0 Å². The molecule has 0 radical (unpaired) electrons. The third-order valence-corrected chi connectivity index (χ3v) is 2.80. The molecule has 1 rings (SSSR count). The van der Waals surface area contributed by atoms with Crippen LogP contribution in [0.4, 0.5) is 0 Å². The van der Waals surface area contributed by atoms with Crippen LogP contribution in [-0.4, -0.2) is 11.1 Å². The fraction of sp³-hybridized carbons (Fsp3) is 0.364. The van der Waals surface area contributed by atoms with E-state index in [1.54, 1.807) is 13.0 Å². The summed E-state index contributed by atoms with van der Waals surface area (Å²) in [6.07, 6.45) is 0. The molecule has 0 saturated heterocycles. The van der Waals surface area contributed by atoms with Gasteiger partial charge in [0.2, 0.25) is 0 Å². The third-order valence-electron chi connectivity index (χ3n) is 2.80. The lowest BCUT2D eigenvalue weighted by Crippen LogP contribution is -2.50. The van der Waals surface area contributed by atoms with Crippen molar-refractivity contribution < 1.29 is 9.90 Å². The highest BCUT2D eigenvalue weighted by atomic mass is 16.4. The van der Waals surface area contributed by atoms with Crippen LogP contribution in [-0.2, 0) is 10.3 Å². The van der Waals surface area contributed by atoms with Gasteiger partial charge in [-0.3, -0.25) is 5.84 Å². The first kappa shape index (κ1) is 11.7. The van der Waals surface area contributed by atoms with E-state index in [4.69, 9.17) is 10.9 Å². The minimum absolute atomic E-state index is 0.653. The number of rotatable bonds is 3.